The molecule has 0 aliphatic heterocycles. The van der Waals surface area contributed by atoms with Gasteiger partial charge in [-0.25, -0.2) is 0 Å². The van der Waals surface area contributed by atoms with Crippen molar-refractivity contribution in [2.45, 2.75) is 51.2 Å². The van der Waals surface area contributed by atoms with E-state index in [1.807, 2.05) is 43.0 Å². The van der Waals surface area contributed by atoms with Crippen LogP contribution in [-0.2, 0) is 11.3 Å². The lowest BCUT2D eigenvalue weighted by Gasteiger charge is -2.31. The maximum absolute atomic E-state index is 12.5. The highest BCUT2D eigenvalue weighted by molar-refractivity contribution is 6.30. The van der Waals surface area contributed by atoms with Crippen molar-refractivity contribution in [1.82, 2.24) is 4.90 Å². The van der Waals surface area contributed by atoms with Gasteiger partial charge < -0.3 is 10.6 Å². The summed E-state index contributed by atoms with van der Waals surface area (Å²) in [7, 11) is 0. The lowest BCUT2D eigenvalue weighted by atomic mass is 9.98. The molecule has 0 spiro atoms. The molecule has 0 bridgehead atoms. The van der Waals surface area contributed by atoms with Gasteiger partial charge in [0.2, 0.25) is 5.91 Å². The first-order chi connectivity index (χ1) is 8.94. The topological polar surface area (TPSA) is 46.3 Å². The summed E-state index contributed by atoms with van der Waals surface area (Å²) in [4.78, 5) is 14.4. The SMILES string of the molecule is CCC(C)(N)C(=O)N(Cc1ccc(Cl)cc1)C1CC1. The van der Waals surface area contributed by atoms with Gasteiger partial charge in [0.25, 0.3) is 0 Å². The van der Waals surface area contributed by atoms with E-state index in [1.54, 1.807) is 0 Å². The standard InChI is InChI=1S/C15H21ClN2O/c1-3-15(2,17)14(19)18(13-8-9-13)10-11-4-6-12(16)7-5-11/h4-7,13H,3,8-10,17H2,1-2H3. The van der Waals surface area contributed by atoms with Crippen molar-refractivity contribution in [1.29, 1.82) is 0 Å². The highest BCUT2D eigenvalue weighted by Crippen LogP contribution is 2.30. The first kappa shape index (κ1) is 14.4. The molecule has 1 aliphatic rings. The zero-order valence-electron chi connectivity index (χ0n) is 11.5. The Morgan fingerprint density at radius 1 is 1.42 bits per heavy atom. The molecule has 0 heterocycles. The second kappa shape index (κ2) is 5.51. The number of amides is 1. The van der Waals surface area contributed by atoms with Gasteiger partial charge in [0.15, 0.2) is 0 Å². The van der Waals surface area contributed by atoms with Crippen molar-refractivity contribution in [2.24, 2.45) is 5.73 Å². The summed E-state index contributed by atoms with van der Waals surface area (Å²) >= 11 is 5.88. The van der Waals surface area contributed by atoms with Crippen molar-refractivity contribution < 1.29 is 4.79 Å². The Kier molecular flexibility index (Phi) is 4.16. The summed E-state index contributed by atoms with van der Waals surface area (Å²) in [6.45, 7) is 4.38. The minimum Gasteiger partial charge on any atom is -0.334 e. The predicted molar refractivity (Wildman–Crippen MR) is 77.9 cm³/mol. The van der Waals surface area contributed by atoms with E-state index in [2.05, 4.69) is 0 Å². The number of carbonyl (C=O) groups excluding carboxylic acids is 1. The highest BCUT2D eigenvalue weighted by Gasteiger charge is 2.39. The Morgan fingerprint density at radius 2 is 2.00 bits per heavy atom. The van der Waals surface area contributed by atoms with E-state index >= 15 is 0 Å². The number of carbonyl (C=O) groups is 1. The number of hydrogen-bond donors (Lipinski definition) is 1. The zero-order valence-corrected chi connectivity index (χ0v) is 12.3. The van der Waals surface area contributed by atoms with E-state index in [-0.39, 0.29) is 5.91 Å². The molecule has 1 fully saturated rings. The van der Waals surface area contributed by atoms with Crippen molar-refractivity contribution in [3.8, 4) is 0 Å². The van der Waals surface area contributed by atoms with Crippen LogP contribution in [-0.4, -0.2) is 22.4 Å². The lowest BCUT2D eigenvalue weighted by molar-refractivity contribution is -0.137. The summed E-state index contributed by atoms with van der Waals surface area (Å²) < 4.78 is 0. The zero-order chi connectivity index (χ0) is 14.0. The first-order valence-corrected chi connectivity index (χ1v) is 7.16. The number of nitrogens with zero attached hydrogens (tertiary/aromatic N) is 1. The molecule has 1 aliphatic carbocycles. The fourth-order valence-electron chi connectivity index (χ4n) is 2.02. The lowest BCUT2D eigenvalue weighted by Crippen LogP contribution is -2.53. The first-order valence-electron chi connectivity index (χ1n) is 6.78. The van der Waals surface area contributed by atoms with E-state index in [1.165, 1.54) is 0 Å². The molecule has 2 N–H and O–H groups in total. The van der Waals surface area contributed by atoms with Gasteiger partial charge in [-0.15, -0.1) is 0 Å². The van der Waals surface area contributed by atoms with E-state index < -0.39 is 5.54 Å². The Balaban J connectivity index is 2.13. The van der Waals surface area contributed by atoms with Gasteiger partial charge in [0, 0.05) is 17.6 Å². The average Bonchev–Trinajstić information content (AvgIpc) is 3.21. The van der Waals surface area contributed by atoms with Crippen LogP contribution in [0, 0.1) is 0 Å². The molecule has 1 aromatic rings. The van der Waals surface area contributed by atoms with Crippen LogP contribution >= 0.6 is 11.6 Å². The third-order valence-electron chi connectivity index (χ3n) is 3.74. The summed E-state index contributed by atoms with van der Waals surface area (Å²) in [5.41, 5.74) is 6.42. The summed E-state index contributed by atoms with van der Waals surface area (Å²) in [6.07, 6.45) is 2.81. The monoisotopic (exact) mass is 280 g/mol. The van der Waals surface area contributed by atoms with Crippen LogP contribution in [0.15, 0.2) is 24.3 Å². The normalized spacial score (nSPS) is 17.9. The van der Waals surface area contributed by atoms with Crippen LogP contribution in [0.1, 0.15) is 38.7 Å². The number of hydrogen-bond acceptors (Lipinski definition) is 2. The molecular formula is C15H21ClN2O. The van der Waals surface area contributed by atoms with Gasteiger partial charge in [-0.1, -0.05) is 30.7 Å². The van der Waals surface area contributed by atoms with Crippen LogP contribution in [0.3, 0.4) is 0 Å². The van der Waals surface area contributed by atoms with Crippen LogP contribution in [0.2, 0.25) is 5.02 Å². The Hall–Kier alpha value is -1.06. The van der Waals surface area contributed by atoms with Gasteiger partial charge in [-0.05, 0) is 43.9 Å². The third-order valence-corrected chi connectivity index (χ3v) is 3.99. The fourth-order valence-corrected chi connectivity index (χ4v) is 2.14. The molecule has 0 saturated heterocycles. The molecule has 1 amide bonds. The maximum Gasteiger partial charge on any atom is 0.242 e. The fraction of sp³-hybridized carbons (Fsp3) is 0.533. The van der Waals surface area contributed by atoms with Crippen LogP contribution < -0.4 is 5.73 Å². The molecule has 0 radical (unpaired) electrons. The van der Waals surface area contributed by atoms with Gasteiger partial charge in [0.1, 0.15) is 0 Å². The van der Waals surface area contributed by atoms with Gasteiger partial charge >= 0.3 is 0 Å². The molecule has 1 saturated carbocycles. The predicted octanol–water partition coefficient (Wildman–Crippen LogP) is 2.96. The van der Waals surface area contributed by atoms with Crippen LogP contribution in [0.25, 0.3) is 0 Å². The van der Waals surface area contributed by atoms with Crippen LogP contribution in [0.5, 0.6) is 0 Å². The van der Waals surface area contributed by atoms with E-state index in [0.29, 0.717) is 24.0 Å². The molecule has 2 rings (SSSR count). The second-order valence-electron chi connectivity index (χ2n) is 5.56. The minimum atomic E-state index is -0.769. The Bertz CT molecular complexity index is 452. The van der Waals surface area contributed by atoms with Crippen molar-refractivity contribution in [3.05, 3.63) is 34.9 Å². The number of benzene rings is 1. The largest absolute Gasteiger partial charge is 0.334 e. The molecule has 104 valence electrons. The van der Waals surface area contributed by atoms with Crippen molar-refractivity contribution in [2.75, 3.05) is 0 Å². The summed E-state index contributed by atoms with van der Waals surface area (Å²) in [6, 6.07) is 8.00. The average molecular weight is 281 g/mol. The summed E-state index contributed by atoms with van der Waals surface area (Å²) in [5, 5.41) is 0.713. The van der Waals surface area contributed by atoms with E-state index in [9.17, 15) is 4.79 Å². The number of halogens is 1. The maximum atomic E-state index is 12.5. The number of nitrogens with two attached hydrogens (primary N) is 1. The van der Waals surface area contributed by atoms with Crippen LogP contribution in [0.4, 0.5) is 0 Å². The molecule has 1 unspecified atom stereocenters. The third kappa shape index (κ3) is 3.48. The second-order valence-corrected chi connectivity index (χ2v) is 6.00. The molecule has 0 aromatic heterocycles. The molecule has 1 atom stereocenters. The molecule has 1 aromatic carbocycles. The Morgan fingerprint density at radius 3 is 2.47 bits per heavy atom. The summed E-state index contributed by atoms with van der Waals surface area (Å²) in [5.74, 6) is 0.0486. The highest BCUT2D eigenvalue weighted by atomic mass is 35.5. The smallest absolute Gasteiger partial charge is 0.242 e. The molecule has 19 heavy (non-hydrogen) atoms. The van der Waals surface area contributed by atoms with Gasteiger partial charge in [-0.3, -0.25) is 4.79 Å². The molecule has 4 heteroatoms. The quantitative estimate of drug-likeness (QED) is 0.901. The minimum absolute atomic E-state index is 0.0486. The van der Waals surface area contributed by atoms with Crippen molar-refractivity contribution in [3.63, 3.8) is 0 Å². The van der Waals surface area contributed by atoms with Gasteiger partial charge in [-0.2, -0.15) is 0 Å². The van der Waals surface area contributed by atoms with E-state index in [0.717, 1.165) is 18.4 Å². The van der Waals surface area contributed by atoms with Gasteiger partial charge in [0.05, 0.1) is 5.54 Å². The Labute approximate surface area is 119 Å². The molecule has 3 nitrogen and oxygen atoms in total. The number of rotatable bonds is 5. The van der Waals surface area contributed by atoms with Crippen molar-refractivity contribution >= 4 is 17.5 Å². The van der Waals surface area contributed by atoms with E-state index in [4.69, 9.17) is 17.3 Å². The molecular weight excluding hydrogens is 260 g/mol.